The number of hydrogen-bond donors (Lipinski definition) is 2. The van der Waals surface area contributed by atoms with E-state index in [-0.39, 0.29) is 18.6 Å². The van der Waals surface area contributed by atoms with Crippen molar-refractivity contribution in [3.05, 3.63) is 59.2 Å². The molecule has 3 N–H and O–H groups in total. The second-order valence-electron chi connectivity index (χ2n) is 7.49. The Morgan fingerprint density at radius 2 is 2.00 bits per heavy atom. The van der Waals surface area contributed by atoms with Crippen molar-refractivity contribution < 1.29 is 19.1 Å². The Morgan fingerprint density at radius 3 is 2.72 bits per heavy atom. The molecule has 3 aromatic rings. The van der Waals surface area contributed by atoms with Crippen LogP contribution in [-0.2, 0) is 4.79 Å². The molecule has 0 spiro atoms. The van der Waals surface area contributed by atoms with E-state index in [1.807, 2.05) is 6.07 Å². The number of nitrogens with two attached hydrogens (primary N) is 1. The number of amides is 2. The number of fused-ring (bicyclic) bond motifs is 1. The van der Waals surface area contributed by atoms with Crippen molar-refractivity contribution in [2.24, 2.45) is 5.73 Å². The van der Waals surface area contributed by atoms with E-state index in [0.717, 1.165) is 16.5 Å². The highest BCUT2D eigenvalue weighted by Gasteiger charge is 2.28. The number of pyridine rings is 1. The summed E-state index contributed by atoms with van der Waals surface area (Å²) in [6, 6.07) is 12.1. The molecule has 0 unspecified atom stereocenters. The first-order valence-electron chi connectivity index (χ1n) is 10.1. The number of hydrogen-bond acceptors (Lipinski definition) is 6. The van der Waals surface area contributed by atoms with Gasteiger partial charge in [-0.25, -0.2) is 4.98 Å². The highest BCUT2D eigenvalue weighted by atomic mass is 35.5. The van der Waals surface area contributed by atoms with Gasteiger partial charge in [-0.1, -0.05) is 11.6 Å². The zero-order valence-corrected chi connectivity index (χ0v) is 18.3. The van der Waals surface area contributed by atoms with Gasteiger partial charge in [-0.3, -0.25) is 9.59 Å². The molecule has 0 aliphatic carbocycles. The average Bonchev–Trinajstić information content (AvgIpc) is 3.26. The van der Waals surface area contributed by atoms with E-state index in [4.69, 9.17) is 26.8 Å². The van der Waals surface area contributed by atoms with Crippen molar-refractivity contribution >= 4 is 39.9 Å². The summed E-state index contributed by atoms with van der Waals surface area (Å²) in [5, 5.41) is 5.28. The van der Waals surface area contributed by atoms with Crippen LogP contribution in [0.15, 0.2) is 48.7 Å². The van der Waals surface area contributed by atoms with E-state index in [1.54, 1.807) is 54.6 Å². The quantitative estimate of drug-likeness (QED) is 0.568. The van der Waals surface area contributed by atoms with Crippen LogP contribution in [0.3, 0.4) is 0 Å². The van der Waals surface area contributed by atoms with Crippen molar-refractivity contribution in [3.63, 3.8) is 0 Å². The smallest absolute Gasteiger partial charge is 0.248 e. The lowest BCUT2D eigenvalue weighted by molar-refractivity contribution is -0.128. The third-order valence-electron chi connectivity index (χ3n) is 5.39. The van der Waals surface area contributed by atoms with Crippen LogP contribution in [0, 0.1) is 0 Å². The number of carbonyl (C=O) groups excluding carboxylic acids is 2. The van der Waals surface area contributed by atoms with Crippen molar-refractivity contribution in [1.82, 2.24) is 9.88 Å². The fourth-order valence-corrected chi connectivity index (χ4v) is 3.84. The lowest BCUT2D eigenvalue weighted by atomic mass is 10.1. The van der Waals surface area contributed by atoms with Crippen molar-refractivity contribution in [2.45, 2.75) is 12.5 Å². The Hall–Kier alpha value is -3.52. The molecule has 0 saturated carbocycles. The number of nitrogens with zero attached hydrogens (tertiary/aromatic N) is 2. The highest BCUT2D eigenvalue weighted by Crippen LogP contribution is 2.34. The number of halogens is 1. The first-order valence-corrected chi connectivity index (χ1v) is 10.5. The topological polar surface area (TPSA) is 107 Å². The minimum atomic E-state index is -0.489. The van der Waals surface area contributed by atoms with Gasteiger partial charge >= 0.3 is 0 Å². The average molecular weight is 455 g/mol. The van der Waals surface area contributed by atoms with Gasteiger partial charge in [0.05, 0.1) is 26.4 Å². The highest BCUT2D eigenvalue weighted by molar-refractivity contribution is 6.31. The van der Waals surface area contributed by atoms with Crippen LogP contribution in [-0.4, -0.2) is 54.5 Å². The number of anilines is 1. The number of aromatic nitrogens is 1. The van der Waals surface area contributed by atoms with Gasteiger partial charge in [0.1, 0.15) is 11.9 Å². The maximum Gasteiger partial charge on any atom is 0.248 e. The van der Waals surface area contributed by atoms with E-state index in [2.05, 4.69) is 10.3 Å². The molecule has 8 nitrogen and oxygen atoms in total. The van der Waals surface area contributed by atoms with E-state index < -0.39 is 5.91 Å². The maximum absolute atomic E-state index is 12.6. The molecule has 2 heterocycles. The summed E-state index contributed by atoms with van der Waals surface area (Å²) >= 11 is 6.17. The molecule has 0 bridgehead atoms. The van der Waals surface area contributed by atoms with Gasteiger partial charge in [-0.2, -0.15) is 0 Å². The summed E-state index contributed by atoms with van der Waals surface area (Å²) in [5.41, 5.74) is 6.40. The molecule has 2 amide bonds. The Labute approximate surface area is 190 Å². The molecule has 1 aromatic heterocycles. The van der Waals surface area contributed by atoms with Crippen LogP contribution >= 0.6 is 11.6 Å². The molecule has 1 atom stereocenters. The second kappa shape index (κ2) is 9.32. The van der Waals surface area contributed by atoms with Crippen molar-refractivity contribution in [3.8, 4) is 11.6 Å². The zero-order valence-electron chi connectivity index (χ0n) is 17.5. The van der Waals surface area contributed by atoms with Gasteiger partial charge in [-0.05, 0) is 42.5 Å². The summed E-state index contributed by atoms with van der Waals surface area (Å²) in [5.74, 6) is 0.584. The van der Waals surface area contributed by atoms with E-state index in [9.17, 15) is 9.59 Å². The predicted molar refractivity (Wildman–Crippen MR) is 122 cm³/mol. The number of rotatable bonds is 7. The van der Waals surface area contributed by atoms with E-state index in [1.165, 1.54) is 0 Å². The lowest BCUT2D eigenvalue weighted by Crippen LogP contribution is -2.35. The van der Waals surface area contributed by atoms with Crippen LogP contribution in [0.1, 0.15) is 16.8 Å². The number of nitrogens with one attached hydrogen (secondary N) is 1. The minimum absolute atomic E-state index is 0.0364. The zero-order chi connectivity index (χ0) is 22.7. The summed E-state index contributed by atoms with van der Waals surface area (Å²) in [6.45, 7) is 1.21. The van der Waals surface area contributed by atoms with Gasteiger partial charge in [0.2, 0.25) is 17.7 Å². The van der Waals surface area contributed by atoms with Crippen LogP contribution in [0.5, 0.6) is 11.6 Å². The summed E-state index contributed by atoms with van der Waals surface area (Å²) in [4.78, 5) is 29.9. The van der Waals surface area contributed by atoms with Crippen molar-refractivity contribution in [1.29, 1.82) is 0 Å². The standard InChI is InChI=1S/C23H23ClN4O4/c1-31-20-11-27-23(19-10-15(24)4-7-18(19)20)32-17-8-9-28(13-17)21(29)12-26-16-5-2-14(3-6-16)22(25)30/h2-7,10-11,17,26H,8-9,12-13H2,1H3,(H2,25,30)/t17-/m1/s1. The van der Waals surface area contributed by atoms with Crippen LogP contribution < -0.4 is 20.5 Å². The largest absolute Gasteiger partial charge is 0.494 e. The number of carbonyl (C=O) groups is 2. The van der Waals surface area contributed by atoms with E-state index in [0.29, 0.717) is 41.7 Å². The van der Waals surface area contributed by atoms with E-state index >= 15 is 0 Å². The maximum atomic E-state index is 12.6. The van der Waals surface area contributed by atoms with Crippen LogP contribution in [0.25, 0.3) is 10.8 Å². The van der Waals surface area contributed by atoms with Gasteiger partial charge in [-0.15, -0.1) is 0 Å². The normalized spacial score (nSPS) is 15.6. The third kappa shape index (κ3) is 4.70. The Balaban J connectivity index is 1.37. The van der Waals surface area contributed by atoms with Gasteiger partial charge in [0, 0.05) is 40.0 Å². The molecule has 32 heavy (non-hydrogen) atoms. The molecule has 1 aliphatic rings. The summed E-state index contributed by atoms with van der Waals surface area (Å²) < 4.78 is 11.5. The van der Waals surface area contributed by atoms with Crippen LogP contribution in [0.2, 0.25) is 5.02 Å². The number of methoxy groups -OCH3 is 1. The first-order chi connectivity index (χ1) is 15.4. The van der Waals surface area contributed by atoms with Gasteiger partial charge in [0.25, 0.3) is 0 Å². The molecule has 1 fully saturated rings. The number of likely N-dealkylation sites (tertiary alicyclic amines) is 1. The Bertz CT molecular complexity index is 1150. The first kappa shape index (κ1) is 21.7. The van der Waals surface area contributed by atoms with Crippen LogP contribution in [0.4, 0.5) is 5.69 Å². The molecule has 166 valence electrons. The fraction of sp³-hybridized carbons (Fsp3) is 0.261. The summed E-state index contributed by atoms with van der Waals surface area (Å²) in [7, 11) is 1.59. The Morgan fingerprint density at radius 1 is 1.22 bits per heavy atom. The predicted octanol–water partition coefficient (Wildman–Crippen LogP) is 3.09. The van der Waals surface area contributed by atoms with Crippen molar-refractivity contribution in [2.75, 3.05) is 32.1 Å². The molecular weight excluding hydrogens is 432 g/mol. The molecule has 9 heteroatoms. The molecule has 2 aromatic carbocycles. The minimum Gasteiger partial charge on any atom is -0.494 e. The van der Waals surface area contributed by atoms with Gasteiger partial charge < -0.3 is 25.4 Å². The SMILES string of the molecule is COc1cnc(O[C@@H]2CCN(C(=O)CNc3ccc(C(N)=O)cc3)C2)c2cc(Cl)ccc12. The second-order valence-corrected chi connectivity index (χ2v) is 7.92. The van der Waals surface area contributed by atoms with Gasteiger partial charge in [0.15, 0.2) is 0 Å². The molecule has 0 radical (unpaired) electrons. The Kier molecular flexibility index (Phi) is 6.32. The number of ether oxygens (including phenoxy) is 2. The number of benzene rings is 2. The number of primary amides is 1. The molecule has 1 saturated heterocycles. The third-order valence-corrected chi connectivity index (χ3v) is 5.62. The monoisotopic (exact) mass is 454 g/mol. The fourth-order valence-electron chi connectivity index (χ4n) is 3.67. The molecular formula is C23H23ClN4O4. The molecule has 4 rings (SSSR count). The summed E-state index contributed by atoms with van der Waals surface area (Å²) in [6.07, 6.45) is 2.16. The lowest BCUT2D eigenvalue weighted by Gasteiger charge is -2.18. The molecule has 1 aliphatic heterocycles.